The van der Waals surface area contributed by atoms with Crippen LogP contribution in [0, 0.1) is 17.8 Å². The maximum Gasteiger partial charge on any atom is 0.407 e. The summed E-state index contributed by atoms with van der Waals surface area (Å²) in [4.78, 5) is 72.5. The molecule has 5 aromatic rings. The minimum atomic E-state index is -0.695. The highest BCUT2D eigenvalue weighted by Gasteiger charge is 2.51. The number of methoxy groups -OCH3 is 2. The van der Waals surface area contributed by atoms with E-state index in [2.05, 4.69) is 69.1 Å². The first-order valence-corrected chi connectivity index (χ1v) is 20.3. The number of hydrogen-bond acceptors (Lipinski definition) is 8. The van der Waals surface area contributed by atoms with Crippen LogP contribution in [0.3, 0.4) is 0 Å². The molecule has 14 nitrogen and oxygen atoms in total. The van der Waals surface area contributed by atoms with Gasteiger partial charge in [-0.1, -0.05) is 77.6 Å². The molecular weight excluding hydrogens is 749 g/mol. The highest BCUT2D eigenvalue weighted by Crippen LogP contribution is 2.50. The van der Waals surface area contributed by atoms with Crippen LogP contribution in [0.2, 0.25) is 0 Å². The number of piperidine rings is 1. The van der Waals surface area contributed by atoms with Crippen molar-refractivity contribution >= 4 is 45.8 Å². The van der Waals surface area contributed by atoms with Crippen LogP contribution in [0.1, 0.15) is 91.0 Å². The number of nitrogens with one attached hydrogen (secondary N) is 4. The molecule has 2 bridgehead atoms. The highest BCUT2D eigenvalue weighted by molar-refractivity contribution is 6.05. The van der Waals surface area contributed by atoms with E-state index in [9.17, 15) is 19.2 Å². The number of aromatic amines is 2. The van der Waals surface area contributed by atoms with Gasteiger partial charge in [0.25, 0.3) is 0 Å². The standard InChI is InChI=1S/C44H52N8O6.CH4/c1-23(2)35(49-43(55)57-5)41(53)51-19-7-8-34(51)39-46-32-18-15-28-20-27(14-17-31(28)37(32)48-39)25-9-11-26(12-10-25)33-22-45-40(47-33)38-29-13-16-30(21-29)52(38)42(54)36(24(3)4)50-44(56)58-6;/h9-12,14-15,17-18,20,22-24,29-30,34-36,38H,7-8,13,16,19,21H2,1-6H3,(H,45,47)(H,46,48)(H,49,55)(H,50,56);1H4/t29-,30+,34-,35-,36-,38-;/m0./s1. The molecule has 312 valence electrons. The fourth-order valence-electron chi connectivity index (χ4n) is 9.34. The molecule has 3 fully saturated rings. The van der Waals surface area contributed by atoms with E-state index in [0.717, 1.165) is 87.9 Å². The molecule has 4 N–H and O–H groups in total. The van der Waals surface area contributed by atoms with Crippen molar-refractivity contribution in [3.05, 3.63) is 72.4 Å². The van der Waals surface area contributed by atoms with Gasteiger partial charge in [-0.3, -0.25) is 9.59 Å². The first-order chi connectivity index (χ1) is 27.9. The Morgan fingerprint density at radius 3 is 2.12 bits per heavy atom. The normalized spacial score (nSPS) is 20.9. The molecule has 6 atom stereocenters. The number of benzene rings is 3. The minimum Gasteiger partial charge on any atom is -0.453 e. The Kier molecular flexibility index (Phi) is 11.7. The summed E-state index contributed by atoms with van der Waals surface area (Å²) in [7, 11) is 2.60. The maximum absolute atomic E-state index is 14.0. The van der Waals surface area contributed by atoms with Crippen molar-refractivity contribution in [3.8, 4) is 22.4 Å². The number of nitrogens with zero attached hydrogens (tertiary/aromatic N) is 4. The number of amides is 4. The maximum atomic E-state index is 14.0. The molecule has 4 amide bonds. The lowest BCUT2D eigenvalue weighted by Crippen LogP contribution is -2.54. The van der Waals surface area contributed by atoms with Crippen molar-refractivity contribution in [1.29, 1.82) is 0 Å². The average molecular weight is 805 g/mol. The van der Waals surface area contributed by atoms with Crippen molar-refractivity contribution in [2.24, 2.45) is 17.8 Å². The van der Waals surface area contributed by atoms with Gasteiger partial charge in [-0.15, -0.1) is 0 Å². The van der Waals surface area contributed by atoms with Crippen molar-refractivity contribution < 1.29 is 28.7 Å². The summed E-state index contributed by atoms with van der Waals surface area (Å²) in [6, 6.07) is 17.2. The predicted octanol–water partition coefficient (Wildman–Crippen LogP) is 7.89. The zero-order valence-electron chi connectivity index (χ0n) is 33.9. The van der Waals surface area contributed by atoms with Crippen LogP contribution < -0.4 is 10.6 Å². The lowest BCUT2D eigenvalue weighted by Gasteiger charge is -2.37. The topological polar surface area (TPSA) is 175 Å². The average Bonchev–Trinajstić information content (AvgIpc) is 4.09. The number of imidazole rings is 2. The molecule has 0 unspecified atom stereocenters. The Balaban J connectivity index is 0.00000528. The van der Waals surface area contributed by atoms with Crippen LogP contribution in [-0.2, 0) is 19.1 Å². The number of H-pyrrole nitrogens is 2. The van der Waals surface area contributed by atoms with Gasteiger partial charge >= 0.3 is 12.2 Å². The molecule has 1 aliphatic carbocycles. The largest absolute Gasteiger partial charge is 0.453 e. The number of rotatable bonds is 10. The van der Waals surface area contributed by atoms with Crippen molar-refractivity contribution in [2.45, 2.75) is 97.4 Å². The zero-order chi connectivity index (χ0) is 40.8. The minimum absolute atomic E-state index is 0. The Labute approximate surface area is 344 Å². The highest BCUT2D eigenvalue weighted by atomic mass is 16.5. The molecule has 2 aromatic heterocycles. The third-order valence-corrected chi connectivity index (χ3v) is 12.4. The van der Waals surface area contributed by atoms with E-state index in [1.54, 1.807) is 0 Å². The molecule has 3 aliphatic rings. The Hall–Kier alpha value is -5.92. The molecule has 3 aromatic carbocycles. The number of carbonyl (C=O) groups excluding carboxylic acids is 4. The van der Waals surface area contributed by atoms with Crippen molar-refractivity contribution in [3.63, 3.8) is 0 Å². The van der Waals surface area contributed by atoms with Gasteiger partial charge in [0.1, 0.15) is 23.7 Å². The number of carbonyl (C=O) groups is 4. The predicted molar refractivity (Wildman–Crippen MR) is 226 cm³/mol. The summed E-state index contributed by atoms with van der Waals surface area (Å²) >= 11 is 0. The summed E-state index contributed by atoms with van der Waals surface area (Å²) in [5, 5.41) is 7.54. The summed E-state index contributed by atoms with van der Waals surface area (Å²) < 4.78 is 9.61. The SMILES string of the molecule is C.COC(=O)N[C@H](C(=O)N1CCC[C@H]1c1nc2c(ccc3cc(-c4ccc(-c5cnc([C@@H]6[C@H]7CC[C@H](C7)N6C(=O)[C@@H](NC(=O)OC)C(C)C)[nH]5)cc4)ccc32)[nH]1)C(C)C. The lowest BCUT2D eigenvalue weighted by molar-refractivity contribution is -0.139. The van der Waals surface area contributed by atoms with E-state index in [-0.39, 0.29) is 49.2 Å². The van der Waals surface area contributed by atoms with Gasteiger partial charge in [-0.25, -0.2) is 19.6 Å². The number of likely N-dealkylation sites (tertiary alicyclic amines) is 2. The van der Waals surface area contributed by atoms with Crippen LogP contribution in [0.5, 0.6) is 0 Å². The summed E-state index contributed by atoms with van der Waals surface area (Å²) in [6.07, 6.45) is 5.15. The van der Waals surface area contributed by atoms with Crippen LogP contribution in [0.15, 0.2) is 60.8 Å². The molecule has 0 spiro atoms. The molecule has 2 saturated heterocycles. The van der Waals surface area contributed by atoms with E-state index < -0.39 is 24.3 Å². The number of alkyl carbamates (subject to hydrolysis) is 2. The zero-order valence-corrected chi connectivity index (χ0v) is 33.9. The van der Waals surface area contributed by atoms with Crippen molar-refractivity contribution in [1.82, 2.24) is 40.4 Å². The molecule has 59 heavy (non-hydrogen) atoms. The lowest BCUT2D eigenvalue weighted by atomic mass is 9.95. The number of aromatic nitrogens is 4. The molecule has 1 saturated carbocycles. The first kappa shape index (κ1) is 41.2. The molecular formula is C45H56N8O6. The molecule has 8 rings (SSSR count). The van der Waals surface area contributed by atoms with E-state index in [1.807, 2.05) is 49.8 Å². The second kappa shape index (κ2) is 16.7. The van der Waals surface area contributed by atoms with Gasteiger partial charge in [0, 0.05) is 18.0 Å². The first-order valence-electron chi connectivity index (χ1n) is 20.3. The molecule has 14 heteroatoms. The van der Waals surface area contributed by atoms with E-state index >= 15 is 0 Å². The van der Waals surface area contributed by atoms with Crippen molar-refractivity contribution in [2.75, 3.05) is 20.8 Å². The van der Waals surface area contributed by atoms with Crippen LogP contribution in [0.25, 0.3) is 44.2 Å². The smallest absolute Gasteiger partial charge is 0.407 e. The van der Waals surface area contributed by atoms with Crippen LogP contribution in [0.4, 0.5) is 9.59 Å². The summed E-state index contributed by atoms with van der Waals surface area (Å²) in [5.41, 5.74) is 5.76. The quantitative estimate of drug-likeness (QED) is 0.110. The third kappa shape index (κ3) is 7.72. The van der Waals surface area contributed by atoms with E-state index in [1.165, 1.54) is 14.2 Å². The van der Waals surface area contributed by atoms with E-state index in [0.29, 0.717) is 12.5 Å². The monoisotopic (exact) mass is 804 g/mol. The Morgan fingerprint density at radius 1 is 0.780 bits per heavy atom. The van der Waals surface area contributed by atoms with Gasteiger partial charge < -0.3 is 39.9 Å². The number of hydrogen-bond donors (Lipinski definition) is 4. The summed E-state index contributed by atoms with van der Waals surface area (Å²) in [5.74, 6) is 1.37. The second-order valence-corrected chi connectivity index (χ2v) is 16.6. The molecule has 0 radical (unpaired) electrons. The van der Waals surface area contributed by atoms with Gasteiger partial charge in [-0.2, -0.15) is 0 Å². The van der Waals surface area contributed by atoms with Gasteiger partial charge in [-0.05, 0) is 84.1 Å². The second-order valence-electron chi connectivity index (χ2n) is 16.6. The van der Waals surface area contributed by atoms with Gasteiger partial charge in [0.2, 0.25) is 11.8 Å². The summed E-state index contributed by atoms with van der Waals surface area (Å²) in [6.45, 7) is 8.26. The molecule has 4 heterocycles. The third-order valence-electron chi connectivity index (χ3n) is 12.4. The van der Waals surface area contributed by atoms with Gasteiger partial charge in [0.15, 0.2) is 0 Å². The van der Waals surface area contributed by atoms with Crippen LogP contribution >= 0.6 is 0 Å². The fourth-order valence-corrected chi connectivity index (χ4v) is 9.34. The van der Waals surface area contributed by atoms with Gasteiger partial charge in [0.05, 0.1) is 49.2 Å². The number of fused-ring (bicyclic) bond motifs is 5. The number of ether oxygens (including phenoxy) is 2. The van der Waals surface area contributed by atoms with E-state index in [4.69, 9.17) is 19.4 Å². The fraction of sp³-hybridized carbons (Fsp3) is 0.467. The Morgan fingerprint density at radius 2 is 1.44 bits per heavy atom. The Bertz CT molecular complexity index is 2350. The molecule has 2 aliphatic heterocycles. The van der Waals surface area contributed by atoms with Crippen LogP contribution in [-0.4, -0.2) is 92.6 Å².